The number of hydrogen-bond donors (Lipinski definition) is 3. The number of methoxy groups -OCH3 is 2. The van der Waals surface area contributed by atoms with Gasteiger partial charge in [-0.3, -0.25) is 4.79 Å². The highest BCUT2D eigenvalue weighted by Crippen LogP contribution is 2.40. The van der Waals surface area contributed by atoms with Crippen molar-refractivity contribution in [3.8, 4) is 22.6 Å². The summed E-state index contributed by atoms with van der Waals surface area (Å²) in [5.74, 6) is 1.24. The Balaban J connectivity index is 1.69. The minimum atomic E-state index is -0.343. The Morgan fingerprint density at radius 3 is 1.71 bits per heavy atom. The number of para-hydroxylation sites is 1. The SMILES string of the molecule is CCCCCCCCCCCCCCCCc1cc(OC)c(OC)cc1-c1cc(NC(=O)Nc2ccccc2)ccc1NC(=O)CCC. The smallest absolute Gasteiger partial charge is 0.323 e. The van der Waals surface area contributed by atoms with Crippen LogP contribution in [0.3, 0.4) is 0 Å². The number of carbonyl (C=O) groups is 2. The summed E-state index contributed by atoms with van der Waals surface area (Å²) in [5, 5.41) is 8.93. The Hall–Kier alpha value is -4.00. The Kier molecular flexibility index (Phi) is 18.1. The first-order valence-corrected chi connectivity index (χ1v) is 18.3. The molecule has 262 valence electrons. The molecule has 3 aromatic carbocycles. The van der Waals surface area contributed by atoms with Crippen LogP contribution >= 0.6 is 0 Å². The van der Waals surface area contributed by atoms with Crippen LogP contribution in [0.1, 0.15) is 122 Å². The number of aryl methyl sites for hydroxylation is 1. The van der Waals surface area contributed by atoms with E-state index in [-0.39, 0.29) is 11.9 Å². The average molecular weight is 658 g/mol. The fraction of sp³-hybridized carbons (Fsp3) is 0.512. The van der Waals surface area contributed by atoms with Crippen molar-refractivity contribution in [2.45, 2.75) is 123 Å². The molecule has 3 amide bonds. The summed E-state index contributed by atoms with van der Waals surface area (Å²) in [7, 11) is 3.28. The van der Waals surface area contributed by atoms with E-state index in [1.165, 1.54) is 77.0 Å². The van der Waals surface area contributed by atoms with Crippen LogP contribution in [0.25, 0.3) is 11.1 Å². The molecule has 0 heterocycles. The molecule has 3 N–H and O–H groups in total. The first-order chi connectivity index (χ1) is 23.5. The average Bonchev–Trinajstić information content (AvgIpc) is 3.09. The molecule has 7 heteroatoms. The largest absolute Gasteiger partial charge is 0.493 e. The molecule has 0 aliphatic carbocycles. The minimum absolute atomic E-state index is 0.0460. The van der Waals surface area contributed by atoms with Gasteiger partial charge in [-0.05, 0) is 72.9 Å². The van der Waals surface area contributed by atoms with E-state index in [9.17, 15) is 9.59 Å². The third kappa shape index (κ3) is 13.6. The first kappa shape index (κ1) is 38.4. The van der Waals surface area contributed by atoms with Crippen molar-refractivity contribution in [1.29, 1.82) is 0 Å². The Bertz CT molecular complexity index is 1380. The van der Waals surface area contributed by atoms with Gasteiger partial charge in [-0.1, -0.05) is 116 Å². The predicted octanol–water partition coefficient (Wildman–Crippen LogP) is 11.8. The van der Waals surface area contributed by atoms with Crippen molar-refractivity contribution in [1.82, 2.24) is 0 Å². The number of carbonyl (C=O) groups excluding carboxylic acids is 2. The molecular weight excluding hydrogens is 598 g/mol. The maximum Gasteiger partial charge on any atom is 0.323 e. The summed E-state index contributed by atoms with van der Waals surface area (Å²) in [5.41, 5.74) is 4.89. The number of benzene rings is 3. The van der Waals surface area contributed by atoms with Crippen LogP contribution in [-0.4, -0.2) is 26.2 Å². The Morgan fingerprint density at radius 1 is 0.562 bits per heavy atom. The number of nitrogens with one attached hydrogen (secondary N) is 3. The van der Waals surface area contributed by atoms with Crippen LogP contribution in [0, 0.1) is 0 Å². The van der Waals surface area contributed by atoms with Gasteiger partial charge < -0.3 is 25.4 Å². The molecule has 0 fully saturated rings. The monoisotopic (exact) mass is 657 g/mol. The number of amides is 3. The van der Waals surface area contributed by atoms with E-state index in [2.05, 4.69) is 28.9 Å². The number of hydrogen-bond acceptors (Lipinski definition) is 4. The van der Waals surface area contributed by atoms with E-state index < -0.39 is 0 Å². The van der Waals surface area contributed by atoms with Crippen molar-refractivity contribution in [2.24, 2.45) is 0 Å². The normalized spacial score (nSPS) is 10.8. The second-order valence-corrected chi connectivity index (χ2v) is 12.7. The highest BCUT2D eigenvalue weighted by Gasteiger charge is 2.18. The van der Waals surface area contributed by atoms with E-state index in [0.717, 1.165) is 42.4 Å². The number of rotatable bonds is 23. The van der Waals surface area contributed by atoms with E-state index in [4.69, 9.17) is 9.47 Å². The first-order valence-electron chi connectivity index (χ1n) is 18.3. The fourth-order valence-electron chi connectivity index (χ4n) is 6.10. The summed E-state index contributed by atoms with van der Waals surface area (Å²) in [4.78, 5) is 25.6. The van der Waals surface area contributed by atoms with Crippen molar-refractivity contribution in [3.63, 3.8) is 0 Å². The van der Waals surface area contributed by atoms with E-state index in [1.807, 2.05) is 61.5 Å². The number of anilines is 3. The molecule has 0 bridgehead atoms. The van der Waals surface area contributed by atoms with E-state index >= 15 is 0 Å². The zero-order chi connectivity index (χ0) is 34.4. The summed E-state index contributed by atoms with van der Waals surface area (Å²) < 4.78 is 11.4. The third-order valence-corrected chi connectivity index (χ3v) is 8.76. The molecular formula is C41H59N3O4. The van der Waals surface area contributed by atoms with Crippen LogP contribution in [0.2, 0.25) is 0 Å². The molecule has 0 aromatic heterocycles. The van der Waals surface area contributed by atoms with Gasteiger partial charge in [0, 0.05) is 29.0 Å². The summed E-state index contributed by atoms with van der Waals surface area (Å²) >= 11 is 0. The van der Waals surface area contributed by atoms with Crippen LogP contribution < -0.4 is 25.4 Å². The van der Waals surface area contributed by atoms with Gasteiger partial charge in [-0.2, -0.15) is 0 Å². The molecule has 0 radical (unpaired) electrons. The lowest BCUT2D eigenvalue weighted by atomic mass is 9.93. The molecule has 0 spiro atoms. The van der Waals surface area contributed by atoms with Crippen LogP contribution in [0.4, 0.5) is 21.9 Å². The topological polar surface area (TPSA) is 88.7 Å². The number of unbranched alkanes of at least 4 members (excludes halogenated alkanes) is 13. The van der Waals surface area contributed by atoms with E-state index in [1.54, 1.807) is 14.2 Å². The molecule has 0 aliphatic heterocycles. The van der Waals surface area contributed by atoms with Crippen molar-refractivity contribution >= 4 is 29.0 Å². The molecule has 0 aliphatic rings. The zero-order valence-corrected chi connectivity index (χ0v) is 29.9. The van der Waals surface area contributed by atoms with Gasteiger partial charge in [0.05, 0.1) is 14.2 Å². The maximum atomic E-state index is 12.9. The van der Waals surface area contributed by atoms with Crippen LogP contribution in [-0.2, 0) is 11.2 Å². The second-order valence-electron chi connectivity index (χ2n) is 12.7. The van der Waals surface area contributed by atoms with Gasteiger partial charge in [0.1, 0.15) is 0 Å². The van der Waals surface area contributed by atoms with Crippen LogP contribution in [0.15, 0.2) is 60.7 Å². The molecule has 48 heavy (non-hydrogen) atoms. The van der Waals surface area contributed by atoms with Crippen molar-refractivity contribution in [2.75, 3.05) is 30.2 Å². The van der Waals surface area contributed by atoms with Crippen molar-refractivity contribution < 1.29 is 19.1 Å². The summed E-state index contributed by atoms with van der Waals surface area (Å²) in [6, 6.07) is 18.6. The highest BCUT2D eigenvalue weighted by atomic mass is 16.5. The van der Waals surface area contributed by atoms with E-state index in [0.29, 0.717) is 35.0 Å². The van der Waals surface area contributed by atoms with Crippen LogP contribution in [0.5, 0.6) is 11.5 Å². The minimum Gasteiger partial charge on any atom is -0.493 e. The highest BCUT2D eigenvalue weighted by molar-refractivity contribution is 6.02. The number of urea groups is 1. The molecule has 7 nitrogen and oxygen atoms in total. The van der Waals surface area contributed by atoms with Gasteiger partial charge in [0.15, 0.2) is 11.5 Å². The van der Waals surface area contributed by atoms with Gasteiger partial charge in [0.2, 0.25) is 5.91 Å². The third-order valence-electron chi connectivity index (χ3n) is 8.76. The van der Waals surface area contributed by atoms with Gasteiger partial charge in [0.25, 0.3) is 0 Å². The lowest BCUT2D eigenvalue weighted by molar-refractivity contribution is -0.116. The summed E-state index contributed by atoms with van der Waals surface area (Å²) in [6.07, 6.45) is 20.4. The van der Waals surface area contributed by atoms with Gasteiger partial charge >= 0.3 is 6.03 Å². The Labute approximate surface area is 289 Å². The molecule has 0 unspecified atom stereocenters. The maximum absolute atomic E-state index is 12.9. The standard InChI is InChI=1S/C41H59N3O4/c1-5-7-8-9-10-11-12-13-14-15-16-17-18-20-24-32-29-38(47-3)39(48-4)31-35(32)36-30-34(27-28-37(36)44-40(45)23-6-2)43-41(46)42-33-25-21-19-22-26-33/h19,21-22,25-31H,5-18,20,23-24H2,1-4H3,(H,44,45)(H2,42,43,46). The molecule has 3 aromatic rings. The van der Waals surface area contributed by atoms with Crippen molar-refractivity contribution in [3.05, 3.63) is 66.2 Å². The lowest BCUT2D eigenvalue weighted by Gasteiger charge is -2.19. The second kappa shape index (κ2) is 22.5. The Morgan fingerprint density at radius 2 is 1.12 bits per heavy atom. The van der Waals surface area contributed by atoms with Gasteiger partial charge in [-0.25, -0.2) is 4.79 Å². The quantitative estimate of drug-likeness (QED) is 0.0885. The predicted molar refractivity (Wildman–Crippen MR) is 202 cm³/mol. The zero-order valence-electron chi connectivity index (χ0n) is 29.9. The molecule has 0 saturated heterocycles. The molecule has 3 rings (SSSR count). The summed E-state index contributed by atoms with van der Waals surface area (Å²) in [6.45, 7) is 4.26. The fourth-order valence-corrected chi connectivity index (χ4v) is 6.10. The molecule has 0 atom stereocenters. The molecule has 0 saturated carbocycles. The lowest BCUT2D eigenvalue weighted by Crippen LogP contribution is -2.19. The van der Waals surface area contributed by atoms with Gasteiger partial charge in [-0.15, -0.1) is 0 Å². The number of ether oxygens (including phenoxy) is 2.